The van der Waals surface area contributed by atoms with E-state index in [2.05, 4.69) is 10.5 Å². The second kappa shape index (κ2) is 5.76. The van der Waals surface area contributed by atoms with Gasteiger partial charge >= 0.3 is 0 Å². The number of aliphatic hydroxyl groups excluding tert-OH is 2. The summed E-state index contributed by atoms with van der Waals surface area (Å²) in [7, 11) is 0. The van der Waals surface area contributed by atoms with E-state index in [1.54, 1.807) is 6.92 Å². The second-order valence-electron chi connectivity index (χ2n) is 2.48. The molecule has 0 aliphatic rings. The van der Waals surface area contributed by atoms with Gasteiger partial charge in [-0.1, -0.05) is 5.16 Å². The van der Waals surface area contributed by atoms with E-state index < -0.39 is 6.04 Å². The highest BCUT2D eigenvalue weighted by molar-refractivity contribution is 5.84. The Hall–Kier alpha value is -0.850. The molecule has 0 aromatic heterocycles. The van der Waals surface area contributed by atoms with Gasteiger partial charge in [0, 0.05) is 0 Å². The highest BCUT2D eigenvalue weighted by Crippen LogP contribution is 1.86. The van der Waals surface area contributed by atoms with Gasteiger partial charge in [-0.3, -0.25) is 0 Å². The zero-order valence-electron chi connectivity index (χ0n) is 6.94. The molecule has 0 aliphatic heterocycles. The van der Waals surface area contributed by atoms with Crippen LogP contribution >= 0.6 is 0 Å². The topological polar surface area (TPSA) is 111 Å². The summed E-state index contributed by atoms with van der Waals surface area (Å²) in [5.41, 5.74) is 5.25. The third kappa shape index (κ3) is 3.51. The maximum Gasteiger partial charge on any atom is 0.156 e. The Balaban J connectivity index is 3.89. The van der Waals surface area contributed by atoms with Crippen LogP contribution in [0.5, 0.6) is 0 Å². The van der Waals surface area contributed by atoms with E-state index in [9.17, 15) is 0 Å². The van der Waals surface area contributed by atoms with Gasteiger partial charge in [-0.15, -0.1) is 0 Å². The molecule has 0 bridgehead atoms. The molecule has 6 N–H and O–H groups in total. The normalized spacial score (nSPS) is 15.2. The van der Waals surface area contributed by atoms with Gasteiger partial charge in [0.15, 0.2) is 5.84 Å². The number of hydrogen-bond donors (Lipinski definition) is 5. The van der Waals surface area contributed by atoms with E-state index in [1.807, 2.05) is 0 Å². The average molecular weight is 177 g/mol. The highest BCUT2D eigenvalue weighted by atomic mass is 16.4. The van der Waals surface area contributed by atoms with E-state index in [1.165, 1.54) is 0 Å². The molecule has 0 saturated heterocycles. The molecule has 0 radical (unpaired) electrons. The molecule has 12 heavy (non-hydrogen) atoms. The van der Waals surface area contributed by atoms with Gasteiger partial charge in [0.05, 0.1) is 25.3 Å². The lowest BCUT2D eigenvalue weighted by atomic mass is 10.2. The van der Waals surface area contributed by atoms with Crippen LogP contribution in [0.1, 0.15) is 6.92 Å². The van der Waals surface area contributed by atoms with Gasteiger partial charge in [0.1, 0.15) is 0 Å². The Morgan fingerprint density at radius 2 is 2.00 bits per heavy atom. The van der Waals surface area contributed by atoms with Crippen molar-refractivity contribution in [3.63, 3.8) is 0 Å². The first kappa shape index (κ1) is 11.2. The minimum atomic E-state index is -0.444. The Labute approximate surface area is 70.7 Å². The number of nitrogens with two attached hydrogens (primary N) is 1. The number of aliphatic hydroxyl groups is 2. The first-order valence-electron chi connectivity index (χ1n) is 3.60. The largest absolute Gasteiger partial charge is 0.409 e. The summed E-state index contributed by atoms with van der Waals surface area (Å²) in [5, 5.41) is 31.1. The summed E-state index contributed by atoms with van der Waals surface area (Å²) in [4.78, 5) is 0. The van der Waals surface area contributed by atoms with Gasteiger partial charge < -0.3 is 26.5 Å². The molecule has 6 heteroatoms. The molecule has 0 heterocycles. The first-order valence-corrected chi connectivity index (χ1v) is 3.60. The molecule has 0 amide bonds. The smallest absolute Gasteiger partial charge is 0.156 e. The van der Waals surface area contributed by atoms with Gasteiger partial charge in [0.25, 0.3) is 0 Å². The van der Waals surface area contributed by atoms with Crippen molar-refractivity contribution in [3.05, 3.63) is 0 Å². The number of rotatable bonds is 5. The van der Waals surface area contributed by atoms with E-state index >= 15 is 0 Å². The zero-order valence-corrected chi connectivity index (χ0v) is 6.94. The molecular weight excluding hydrogens is 162 g/mol. The molecule has 0 saturated carbocycles. The number of hydrogen-bond acceptors (Lipinski definition) is 5. The first-order chi connectivity index (χ1) is 5.65. The summed E-state index contributed by atoms with van der Waals surface area (Å²) in [6.07, 6.45) is 0. The molecule has 6 nitrogen and oxygen atoms in total. The summed E-state index contributed by atoms with van der Waals surface area (Å²) >= 11 is 0. The fourth-order valence-electron chi connectivity index (χ4n) is 0.689. The van der Waals surface area contributed by atoms with Crippen LogP contribution in [-0.2, 0) is 0 Å². The molecule has 0 rings (SSSR count). The van der Waals surface area contributed by atoms with Crippen molar-refractivity contribution < 1.29 is 15.4 Å². The van der Waals surface area contributed by atoms with Crippen LogP contribution in [0.15, 0.2) is 5.16 Å². The lowest BCUT2D eigenvalue weighted by Crippen LogP contribution is -2.47. The van der Waals surface area contributed by atoms with Gasteiger partial charge in [-0.25, -0.2) is 0 Å². The molecule has 72 valence electrons. The van der Waals surface area contributed by atoms with Gasteiger partial charge in [-0.05, 0) is 6.92 Å². The van der Waals surface area contributed by atoms with E-state index in [0.29, 0.717) is 0 Å². The van der Waals surface area contributed by atoms with Crippen molar-refractivity contribution in [2.45, 2.75) is 19.0 Å². The van der Waals surface area contributed by atoms with Crippen molar-refractivity contribution in [2.75, 3.05) is 13.2 Å². The molecule has 0 aromatic carbocycles. The third-order valence-electron chi connectivity index (χ3n) is 1.49. The lowest BCUT2D eigenvalue weighted by Gasteiger charge is -2.18. The third-order valence-corrected chi connectivity index (χ3v) is 1.49. The van der Waals surface area contributed by atoms with Crippen molar-refractivity contribution in [1.82, 2.24) is 5.32 Å². The van der Waals surface area contributed by atoms with Crippen molar-refractivity contribution >= 4 is 5.84 Å². The number of nitrogens with one attached hydrogen (secondary N) is 1. The fourth-order valence-corrected chi connectivity index (χ4v) is 0.689. The SMILES string of the molecule is CC(NC(CO)CO)C(N)=NO. The quantitative estimate of drug-likeness (QED) is 0.145. The van der Waals surface area contributed by atoms with Crippen LogP contribution in [0.2, 0.25) is 0 Å². The fraction of sp³-hybridized carbons (Fsp3) is 0.833. The second-order valence-corrected chi connectivity index (χ2v) is 2.48. The van der Waals surface area contributed by atoms with E-state index in [4.69, 9.17) is 21.2 Å². The number of nitrogens with zero attached hydrogens (tertiary/aromatic N) is 1. The van der Waals surface area contributed by atoms with Crippen LogP contribution in [0, 0.1) is 0 Å². The molecule has 0 aliphatic carbocycles. The predicted octanol–water partition coefficient (Wildman–Crippen LogP) is -1.94. The molecule has 0 aromatic rings. The summed E-state index contributed by atoms with van der Waals surface area (Å²) in [6.45, 7) is 1.27. The van der Waals surface area contributed by atoms with Crippen LogP contribution in [0.4, 0.5) is 0 Å². The van der Waals surface area contributed by atoms with Gasteiger partial charge in [0.2, 0.25) is 0 Å². The van der Waals surface area contributed by atoms with Crippen LogP contribution in [0.25, 0.3) is 0 Å². The summed E-state index contributed by atoms with van der Waals surface area (Å²) in [6, 6.07) is -0.820. The van der Waals surface area contributed by atoms with E-state index in [-0.39, 0.29) is 25.1 Å². The van der Waals surface area contributed by atoms with Crippen LogP contribution in [0.3, 0.4) is 0 Å². The molecule has 0 fully saturated rings. The number of amidine groups is 1. The van der Waals surface area contributed by atoms with E-state index in [0.717, 1.165) is 0 Å². The van der Waals surface area contributed by atoms with Crippen molar-refractivity contribution in [2.24, 2.45) is 10.9 Å². The minimum absolute atomic E-state index is 0.0156. The minimum Gasteiger partial charge on any atom is -0.409 e. The summed E-state index contributed by atoms with van der Waals surface area (Å²) < 4.78 is 0. The van der Waals surface area contributed by atoms with Crippen molar-refractivity contribution in [3.8, 4) is 0 Å². The monoisotopic (exact) mass is 177 g/mol. The molecular formula is C6H15N3O3. The Kier molecular flexibility index (Phi) is 5.35. The standard InChI is InChI=1S/C6H15N3O3/c1-4(6(7)9-12)8-5(2-10)3-11/h4-5,8,10-12H,2-3H2,1H3,(H2,7,9). The lowest BCUT2D eigenvalue weighted by molar-refractivity contribution is 0.168. The van der Waals surface area contributed by atoms with Crippen molar-refractivity contribution in [1.29, 1.82) is 0 Å². The highest BCUT2D eigenvalue weighted by Gasteiger charge is 2.12. The zero-order chi connectivity index (χ0) is 9.56. The van der Waals surface area contributed by atoms with Crippen LogP contribution in [-0.4, -0.2) is 46.6 Å². The Morgan fingerprint density at radius 3 is 2.33 bits per heavy atom. The van der Waals surface area contributed by atoms with Gasteiger partial charge in [-0.2, -0.15) is 0 Å². The molecule has 0 spiro atoms. The Bertz CT molecular complexity index is 147. The maximum atomic E-state index is 8.66. The average Bonchev–Trinajstić information content (AvgIpc) is 2.12. The number of oxime groups is 1. The summed E-state index contributed by atoms with van der Waals surface area (Å²) in [5.74, 6) is 0.0156. The Morgan fingerprint density at radius 1 is 1.50 bits per heavy atom. The molecule has 1 unspecified atom stereocenters. The predicted molar refractivity (Wildman–Crippen MR) is 44.0 cm³/mol. The van der Waals surface area contributed by atoms with Crippen LogP contribution < -0.4 is 11.1 Å². The maximum absolute atomic E-state index is 8.66. The molecule has 1 atom stereocenters.